The minimum absolute atomic E-state index is 0.0428. The van der Waals surface area contributed by atoms with Crippen molar-refractivity contribution < 1.29 is 9.53 Å². The zero-order valence-corrected chi connectivity index (χ0v) is 15.3. The molecule has 4 rings (SSSR count). The first-order valence-electron chi connectivity index (χ1n) is 9.18. The van der Waals surface area contributed by atoms with Crippen molar-refractivity contribution in [3.8, 4) is 11.6 Å². The third-order valence-electron chi connectivity index (χ3n) is 4.72. The number of hydrogen-bond acceptors (Lipinski definition) is 4. The second-order valence-electron chi connectivity index (χ2n) is 6.71. The highest BCUT2D eigenvalue weighted by molar-refractivity contribution is 5.94. The molecule has 1 aromatic carbocycles. The Hall–Kier alpha value is -3.15. The fraction of sp³-hybridized carbons (Fsp3) is 0.286. The maximum absolute atomic E-state index is 12.9. The summed E-state index contributed by atoms with van der Waals surface area (Å²) in [5.74, 6) is 1.29. The van der Waals surface area contributed by atoms with Crippen LogP contribution in [0.15, 0.2) is 61.1 Å². The molecular weight excluding hydrogens is 340 g/mol. The first-order valence-corrected chi connectivity index (χ1v) is 9.18. The van der Waals surface area contributed by atoms with E-state index in [0.717, 1.165) is 25.1 Å². The van der Waals surface area contributed by atoms with Crippen LogP contribution in [0.1, 0.15) is 29.0 Å². The number of nitrogens with zero attached hydrogens (tertiary/aromatic N) is 4. The number of piperidine rings is 1. The summed E-state index contributed by atoms with van der Waals surface area (Å²) < 4.78 is 7.99. The summed E-state index contributed by atoms with van der Waals surface area (Å²) in [6, 6.07) is 13.4. The molecule has 0 bridgehead atoms. The molecule has 1 atom stereocenters. The van der Waals surface area contributed by atoms with E-state index < -0.39 is 0 Å². The summed E-state index contributed by atoms with van der Waals surface area (Å²) in [6.45, 7) is 3.16. The van der Waals surface area contributed by atoms with E-state index in [9.17, 15) is 4.79 Å². The van der Waals surface area contributed by atoms with Gasteiger partial charge in [0.15, 0.2) is 0 Å². The number of carbonyl (C=O) groups excluding carboxylic acids is 1. The third kappa shape index (κ3) is 4.00. The molecular formula is C21H22N4O2. The summed E-state index contributed by atoms with van der Waals surface area (Å²) in [5, 5.41) is 0. The molecule has 0 radical (unpaired) electrons. The van der Waals surface area contributed by atoms with Gasteiger partial charge in [0.25, 0.3) is 5.91 Å². The molecule has 27 heavy (non-hydrogen) atoms. The molecule has 0 unspecified atom stereocenters. The molecule has 1 aliphatic rings. The van der Waals surface area contributed by atoms with Gasteiger partial charge < -0.3 is 14.2 Å². The molecule has 1 fully saturated rings. The number of rotatable bonds is 4. The number of aromatic nitrogens is 3. The number of amides is 1. The molecule has 1 aliphatic heterocycles. The maximum atomic E-state index is 12.9. The van der Waals surface area contributed by atoms with E-state index in [4.69, 9.17) is 4.74 Å². The van der Waals surface area contributed by atoms with Gasteiger partial charge in [-0.3, -0.25) is 4.79 Å². The van der Waals surface area contributed by atoms with Crippen molar-refractivity contribution in [3.63, 3.8) is 0 Å². The Bertz CT molecular complexity index is 906. The highest BCUT2D eigenvalue weighted by Crippen LogP contribution is 2.19. The average molecular weight is 362 g/mol. The summed E-state index contributed by atoms with van der Waals surface area (Å²) >= 11 is 0. The molecule has 3 heterocycles. The van der Waals surface area contributed by atoms with E-state index in [1.54, 1.807) is 12.3 Å². The molecule has 0 aliphatic carbocycles. The first kappa shape index (κ1) is 17.3. The van der Waals surface area contributed by atoms with Crippen molar-refractivity contribution in [1.29, 1.82) is 0 Å². The van der Waals surface area contributed by atoms with Crippen LogP contribution in [0.4, 0.5) is 0 Å². The minimum Gasteiger partial charge on any atom is -0.472 e. The summed E-state index contributed by atoms with van der Waals surface area (Å²) in [7, 11) is 0. The van der Waals surface area contributed by atoms with Gasteiger partial charge in [-0.15, -0.1) is 0 Å². The van der Waals surface area contributed by atoms with Gasteiger partial charge >= 0.3 is 0 Å². The fourth-order valence-corrected chi connectivity index (χ4v) is 3.36. The molecule has 6 nitrogen and oxygen atoms in total. The third-order valence-corrected chi connectivity index (χ3v) is 4.72. The lowest BCUT2D eigenvalue weighted by atomic mass is 10.1. The van der Waals surface area contributed by atoms with Crippen molar-refractivity contribution in [2.24, 2.45) is 0 Å². The lowest BCUT2D eigenvalue weighted by Crippen LogP contribution is -2.44. The van der Waals surface area contributed by atoms with E-state index in [1.807, 2.05) is 65.2 Å². The molecule has 138 valence electrons. The second-order valence-corrected chi connectivity index (χ2v) is 6.71. The van der Waals surface area contributed by atoms with Crippen LogP contribution in [-0.2, 0) is 0 Å². The first-order chi connectivity index (χ1) is 13.2. The van der Waals surface area contributed by atoms with Gasteiger partial charge in [-0.1, -0.05) is 0 Å². The van der Waals surface area contributed by atoms with E-state index >= 15 is 0 Å². The van der Waals surface area contributed by atoms with Crippen LogP contribution in [-0.4, -0.2) is 44.5 Å². The molecule has 0 saturated carbocycles. The number of aryl methyl sites for hydroxylation is 1. The Labute approximate surface area is 158 Å². The summed E-state index contributed by atoms with van der Waals surface area (Å²) in [4.78, 5) is 23.1. The van der Waals surface area contributed by atoms with Gasteiger partial charge in [-0.2, -0.15) is 4.98 Å². The van der Waals surface area contributed by atoms with Gasteiger partial charge in [0.1, 0.15) is 11.9 Å². The largest absolute Gasteiger partial charge is 0.472 e. The Kier molecular flexibility index (Phi) is 4.87. The van der Waals surface area contributed by atoms with E-state index in [0.29, 0.717) is 23.8 Å². The van der Waals surface area contributed by atoms with Crippen LogP contribution in [0.3, 0.4) is 0 Å². The zero-order valence-electron chi connectivity index (χ0n) is 15.3. The van der Waals surface area contributed by atoms with Crippen molar-refractivity contribution in [1.82, 2.24) is 19.4 Å². The SMILES string of the molecule is Cc1nccc(O[C@@H]2CCCN(C(=O)c3ccc(-n4cccc4)cc3)C2)n1. The van der Waals surface area contributed by atoms with Crippen LogP contribution in [0.25, 0.3) is 5.69 Å². The van der Waals surface area contributed by atoms with Crippen LogP contribution < -0.4 is 4.74 Å². The predicted octanol–water partition coefficient (Wildman–Crippen LogP) is 3.26. The summed E-state index contributed by atoms with van der Waals surface area (Å²) in [5.41, 5.74) is 1.74. The monoisotopic (exact) mass is 362 g/mol. The Morgan fingerprint density at radius 2 is 1.93 bits per heavy atom. The average Bonchev–Trinajstić information content (AvgIpc) is 3.23. The highest BCUT2D eigenvalue weighted by atomic mass is 16.5. The van der Waals surface area contributed by atoms with Gasteiger partial charge in [0.05, 0.1) is 6.54 Å². The topological polar surface area (TPSA) is 60.2 Å². The van der Waals surface area contributed by atoms with Gasteiger partial charge in [-0.05, 0) is 56.2 Å². The molecule has 3 aromatic rings. The van der Waals surface area contributed by atoms with Crippen LogP contribution in [0.2, 0.25) is 0 Å². The number of hydrogen-bond donors (Lipinski definition) is 0. The number of carbonyl (C=O) groups is 1. The predicted molar refractivity (Wildman–Crippen MR) is 102 cm³/mol. The lowest BCUT2D eigenvalue weighted by molar-refractivity contribution is 0.0527. The normalized spacial score (nSPS) is 16.9. The smallest absolute Gasteiger partial charge is 0.253 e. The molecule has 1 amide bonds. The molecule has 0 spiro atoms. The van der Waals surface area contributed by atoms with Crippen molar-refractivity contribution in [2.45, 2.75) is 25.9 Å². The molecule has 6 heteroatoms. The number of likely N-dealkylation sites (tertiary alicyclic amines) is 1. The van der Waals surface area contributed by atoms with E-state index in [-0.39, 0.29) is 12.0 Å². The van der Waals surface area contributed by atoms with Gasteiger partial charge in [0, 0.05) is 42.5 Å². The highest BCUT2D eigenvalue weighted by Gasteiger charge is 2.26. The van der Waals surface area contributed by atoms with E-state index in [1.165, 1.54) is 0 Å². The van der Waals surface area contributed by atoms with Crippen LogP contribution >= 0.6 is 0 Å². The molecule has 2 aromatic heterocycles. The molecule has 1 saturated heterocycles. The van der Waals surface area contributed by atoms with Crippen molar-refractivity contribution in [2.75, 3.05) is 13.1 Å². The minimum atomic E-state index is -0.0452. The Morgan fingerprint density at radius 3 is 2.67 bits per heavy atom. The maximum Gasteiger partial charge on any atom is 0.253 e. The van der Waals surface area contributed by atoms with Crippen molar-refractivity contribution in [3.05, 3.63) is 72.4 Å². The number of benzene rings is 1. The van der Waals surface area contributed by atoms with Crippen LogP contribution in [0.5, 0.6) is 5.88 Å². The van der Waals surface area contributed by atoms with Crippen molar-refractivity contribution >= 4 is 5.91 Å². The van der Waals surface area contributed by atoms with Crippen LogP contribution in [0, 0.1) is 6.92 Å². The Balaban J connectivity index is 1.42. The van der Waals surface area contributed by atoms with Gasteiger partial charge in [-0.25, -0.2) is 4.98 Å². The summed E-state index contributed by atoms with van der Waals surface area (Å²) in [6.07, 6.45) is 7.45. The lowest BCUT2D eigenvalue weighted by Gasteiger charge is -2.32. The second kappa shape index (κ2) is 7.61. The quantitative estimate of drug-likeness (QED) is 0.715. The fourth-order valence-electron chi connectivity index (χ4n) is 3.36. The van der Waals surface area contributed by atoms with Gasteiger partial charge in [0.2, 0.25) is 5.88 Å². The standard InChI is InChI=1S/C21H22N4O2/c1-16-22-11-10-20(23-16)27-19-5-4-14-25(15-19)21(26)17-6-8-18(9-7-17)24-12-2-3-13-24/h2-3,6-13,19H,4-5,14-15H2,1H3/t19-/m1/s1. The zero-order chi connectivity index (χ0) is 18.6. The molecule has 0 N–H and O–H groups in total. The van der Waals surface area contributed by atoms with E-state index in [2.05, 4.69) is 9.97 Å². The number of ether oxygens (including phenoxy) is 1. The Morgan fingerprint density at radius 1 is 1.15 bits per heavy atom.